The van der Waals surface area contributed by atoms with Gasteiger partial charge in [-0.3, -0.25) is 9.69 Å². The summed E-state index contributed by atoms with van der Waals surface area (Å²) in [6, 6.07) is 20.5. The molecular formula is C26H33N3O2. The van der Waals surface area contributed by atoms with Crippen molar-refractivity contribution in [2.24, 2.45) is 0 Å². The molecule has 0 bridgehead atoms. The number of hydrogen-bond acceptors (Lipinski definition) is 3. The molecule has 5 nitrogen and oxygen atoms in total. The lowest BCUT2D eigenvalue weighted by atomic mass is 9.90. The number of urea groups is 1. The van der Waals surface area contributed by atoms with Gasteiger partial charge in [-0.15, -0.1) is 0 Å². The summed E-state index contributed by atoms with van der Waals surface area (Å²) in [5.74, 6) is -0.0242. The normalized spacial score (nSPS) is 18.4. The molecule has 2 aromatic rings. The number of nitrogens with one attached hydrogen (secondary N) is 1. The molecule has 0 radical (unpaired) electrons. The number of amides is 3. The molecule has 1 heterocycles. The molecule has 3 amide bonds. The summed E-state index contributed by atoms with van der Waals surface area (Å²) in [7, 11) is 0. The Morgan fingerprint density at radius 2 is 1.29 bits per heavy atom. The third-order valence-electron chi connectivity index (χ3n) is 6.66. The number of carbonyl (C=O) groups excluding carboxylic acids is 2. The van der Waals surface area contributed by atoms with E-state index in [9.17, 15) is 9.59 Å². The summed E-state index contributed by atoms with van der Waals surface area (Å²) in [5, 5.41) is 3.07. The van der Waals surface area contributed by atoms with Crippen LogP contribution in [-0.2, 0) is 17.6 Å². The van der Waals surface area contributed by atoms with Crippen LogP contribution >= 0.6 is 0 Å². The molecule has 31 heavy (non-hydrogen) atoms. The molecular weight excluding hydrogens is 386 g/mol. The Morgan fingerprint density at radius 1 is 0.774 bits per heavy atom. The largest absolute Gasteiger partial charge is 0.326 e. The van der Waals surface area contributed by atoms with Crippen LogP contribution in [0.15, 0.2) is 60.7 Å². The second kappa shape index (κ2) is 10.1. The molecule has 5 heteroatoms. The third-order valence-corrected chi connectivity index (χ3v) is 6.66. The first-order valence-corrected chi connectivity index (χ1v) is 11.6. The fourth-order valence-corrected chi connectivity index (χ4v) is 4.79. The summed E-state index contributed by atoms with van der Waals surface area (Å²) in [5.41, 5.74) is 1.87. The van der Waals surface area contributed by atoms with Crippen LogP contribution in [0.1, 0.15) is 49.7 Å². The maximum absolute atomic E-state index is 13.3. The van der Waals surface area contributed by atoms with Gasteiger partial charge < -0.3 is 5.32 Å². The third kappa shape index (κ3) is 5.34. The van der Waals surface area contributed by atoms with Gasteiger partial charge in [-0.25, -0.2) is 9.69 Å². The van der Waals surface area contributed by atoms with Crippen molar-refractivity contribution in [2.75, 3.05) is 19.8 Å². The molecule has 1 aliphatic carbocycles. The van der Waals surface area contributed by atoms with Crippen LogP contribution in [0.3, 0.4) is 0 Å². The molecule has 0 unspecified atom stereocenters. The first-order chi connectivity index (χ1) is 15.2. The van der Waals surface area contributed by atoms with Crippen molar-refractivity contribution >= 4 is 11.9 Å². The first-order valence-electron chi connectivity index (χ1n) is 11.6. The molecule has 2 aliphatic rings. The molecule has 1 aliphatic heterocycles. The van der Waals surface area contributed by atoms with Gasteiger partial charge in [0.25, 0.3) is 5.91 Å². The van der Waals surface area contributed by atoms with Crippen LogP contribution in [0.4, 0.5) is 4.79 Å². The summed E-state index contributed by atoms with van der Waals surface area (Å²) in [4.78, 5) is 29.9. The van der Waals surface area contributed by atoms with E-state index >= 15 is 0 Å². The highest BCUT2D eigenvalue weighted by Crippen LogP contribution is 2.32. The second-order valence-corrected chi connectivity index (χ2v) is 8.89. The van der Waals surface area contributed by atoms with Crippen LogP contribution in [0.2, 0.25) is 0 Å². The van der Waals surface area contributed by atoms with Gasteiger partial charge >= 0.3 is 6.03 Å². The summed E-state index contributed by atoms with van der Waals surface area (Å²) in [6.45, 7) is 1.97. The molecule has 2 aromatic carbocycles. The van der Waals surface area contributed by atoms with Crippen LogP contribution in [-0.4, -0.2) is 47.0 Å². The maximum atomic E-state index is 13.3. The van der Waals surface area contributed by atoms with Crippen molar-refractivity contribution in [2.45, 2.75) is 56.9 Å². The number of nitrogens with zero attached hydrogens (tertiary/aromatic N) is 2. The van der Waals surface area contributed by atoms with Crippen LogP contribution in [0.5, 0.6) is 0 Å². The minimum Gasteiger partial charge on any atom is -0.323 e. The summed E-state index contributed by atoms with van der Waals surface area (Å²) < 4.78 is 0. The highest BCUT2D eigenvalue weighted by molar-refractivity contribution is 6.07. The number of imide groups is 1. The quantitative estimate of drug-likeness (QED) is 0.646. The Hall–Kier alpha value is -2.66. The lowest BCUT2D eigenvalue weighted by molar-refractivity contribution is -0.133. The molecule has 1 spiro atoms. The zero-order valence-corrected chi connectivity index (χ0v) is 18.3. The highest BCUT2D eigenvalue weighted by Gasteiger charge is 2.50. The average Bonchev–Trinajstić information content (AvgIpc) is 2.95. The van der Waals surface area contributed by atoms with E-state index in [0.717, 1.165) is 64.5 Å². The smallest absolute Gasteiger partial charge is 0.323 e. The van der Waals surface area contributed by atoms with Crippen LogP contribution in [0.25, 0.3) is 0 Å². The van der Waals surface area contributed by atoms with Gasteiger partial charge in [-0.05, 0) is 36.8 Å². The lowest BCUT2D eigenvalue weighted by Crippen LogP contribution is -2.48. The van der Waals surface area contributed by atoms with E-state index in [2.05, 4.69) is 58.7 Å². The van der Waals surface area contributed by atoms with Gasteiger partial charge in [0, 0.05) is 13.1 Å². The minimum atomic E-state index is -0.669. The van der Waals surface area contributed by atoms with Crippen molar-refractivity contribution in [1.29, 1.82) is 0 Å². The van der Waals surface area contributed by atoms with Crippen molar-refractivity contribution < 1.29 is 9.59 Å². The topological polar surface area (TPSA) is 52.7 Å². The van der Waals surface area contributed by atoms with E-state index in [1.165, 1.54) is 16.0 Å². The predicted octanol–water partition coefficient (Wildman–Crippen LogP) is 4.38. The lowest BCUT2D eigenvalue weighted by Gasteiger charge is -2.28. The SMILES string of the molecule is O=C1NC2(CCCCCC2)C(=O)N1CN(CCc1ccccc1)CCc1ccccc1. The fraction of sp³-hybridized carbons (Fsp3) is 0.462. The Kier molecular flexibility index (Phi) is 7.03. The molecule has 4 rings (SSSR count). The van der Waals surface area contributed by atoms with Gasteiger partial charge in [-0.1, -0.05) is 86.3 Å². The Labute approximate surface area is 185 Å². The number of benzene rings is 2. The van der Waals surface area contributed by atoms with Crippen LogP contribution < -0.4 is 5.32 Å². The van der Waals surface area contributed by atoms with E-state index in [4.69, 9.17) is 0 Å². The van der Waals surface area contributed by atoms with Gasteiger partial charge in [-0.2, -0.15) is 0 Å². The van der Waals surface area contributed by atoms with E-state index < -0.39 is 5.54 Å². The van der Waals surface area contributed by atoms with E-state index in [0.29, 0.717) is 6.67 Å². The highest BCUT2D eigenvalue weighted by atomic mass is 16.2. The van der Waals surface area contributed by atoms with Gasteiger partial charge in [0.05, 0.1) is 6.67 Å². The minimum absolute atomic E-state index is 0.0242. The van der Waals surface area contributed by atoms with Crippen molar-refractivity contribution in [3.8, 4) is 0 Å². The zero-order chi connectivity index (χ0) is 21.5. The molecule has 0 aromatic heterocycles. The average molecular weight is 420 g/mol. The zero-order valence-electron chi connectivity index (χ0n) is 18.3. The molecule has 0 atom stereocenters. The van der Waals surface area contributed by atoms with Crippen LogP contribution in [0, 0.1) is 0 Å². The van der Waals surface area contributed by atoms with Crippen molar-refractivity contribution in [3.05, 3.63) is 71.8 Å². The number of hydrogen-bond donors (Lipinski definition) is 1. The predicted molar refractivity (Wildman–Crippen MR) is 123 cm³/mol. The Balaban J connectivity index is 1.44. The standard InChI is InChI=1S/C26H33N3O2/c30-24-26(17-9-1-2-10-18-26)27-25(31)29(24)21-28(19-15-22-11-5-3-6-12-22)20-16-23-13-7-4-8-14-23/h3-8,11-14H,1-2,9-10,15-21H2,(H,27,31). The molecule has 2 fully saturated rings. The fourth-order valence-electron chi connectivity index (χ4n) is 4.79. The Bertz CT molecular complexity index is 817. The van der Waals surface area contributed by atoms with E-state index in [1.807, 2.05) is 12.1 Å². The van der Waals surface area contributed by atoms with Gasteiger partial charge in [0.15, 0.2) is 0 Å². The number of rotatable bonds is 8. The maximum Gasteiger partial charge on any atom is 0.326 e. The van der Waals surface area contributed by atoms with Gasteiger partial charge in [0.2, 0.25) is 0 Å². The molecule has 1 saturated heterocycles. The Morgan fingerprint density at radius 3 is 1.81 bits per heavy atom. The second-order valence-electron chi connectivity index (χ2n) is 8.89. The molecule has 164 valence electrons. The van der Waals surface area contributed by atoms with E-state index in [1.54, 1.807) is 0 Å². The van der Waals surface area contributed by atoms with Crippen molar-refractivity contribution in [1.82, 2.24) is 15.1 Å². The van der Waals surface area contributed by atoms with E-state index in [-0.39, 0.29) is 11.9 Å². The van der Waals surface area contributed by atoms with Gasteiger partial charge in [0.1, 0.15) is 5.54 Å². The first kappa shape index (κ1) is 21.6. The molecule has 1 saturated carbocycles. The summed E-state index contributed by atoms with van der Waals surface area (Å²) in [6.07, 6.45) is 7.62. The molecule has 1 N–H and O–H groups in total. The monoisotopic (exact) mass is 419 g/mol. The van der Waals surface area contributed by atoms with Crippen molar-refractivity contribution in [3.63, 3.8) is 0 Å². The number of carbonyl (C=O) groups is 2. The summed E-state index contributed by atoms with van der Waals surface area (Å²) >= 11 is 0.